The van der Waals surface area contributed by atoms with Crippen molar-refractivity contribution in [3.63, 3.8) is 0 Å². The maximum atomic E-state index is 2.58. The zero-order chi connectivity index (χ0) is 24.8. The van der Waals surface area contributed by atoms with E-state index in [-0.39, 0.29) is 5.41 Å². The topological polar surface area (TPSA) is 6.48 Å². The van der Waals surface area contributed by atoms with Crippen LogP contribution in [0.15, 0.2) is 58.2 Å². The minimum absolute atomic E-state index is 0.155. The highest BCUT2D eigenvalue weighted by Crippen LogP contribution is 2.50. The van der Waals surface area contributed by atoms with Gasteiger partial charge in [-0.1, -0.05) is 92.5 Å². The van der Waals surface area contributed by atoms with Gasteiger partial charge in [-0.2, -0.15) is 0 Å². The van der Waals surface area contributed by atoms with E-state index in [1.807, 2.05) is 0 Å². The number of allylic oxidation sites excluding steroid dienone is 8. The van der Waals surface area contributed by atoms with Crippen LogP contribution in [0.25, 0.3) is 0 Å². The van der Waals surface area contributed by atoms with Gasteiger partial charge in [0.1, 0.15) is 0 Å². The number of hydrogen-bond donors (Lipinski definition) is 0. The highest BCUT2D eigenvalue weighted by atomic mass is 15.4. The van der Waals surface area contributed by atoms with Gasteiger partial charge >= 0.3 is 0 Å². The van der Waals surface area contributed by atoms with Gasteiger partial charge in [0.05, 0.1) is 6.67 Å². The highest BCUT2D eigenvalue weighted by Gasteiger charge is 2.42. The summed E-state index contributed by atoms with van der Waals surface area (Å²) in [5, 5.41) is 0. The monoisotopic (exact) mass is 450 g/mol. The standard InChI is InChI=1S/C31H50N2/c1-19(2)26-16-24(10)25(11)28(21(5)6)29(26)32-13-14-33(18-32)30-27(20(3)4)15-23(9)17-31(30,12)22(7)8/h13-16,19-22,25,28H,17-18H2,1-12H3/t25?,28-,31-/m0/s1. The Labute approximate surface area is 205 Å². The molecule has 0 radical (unpaired) electrons. The zero-order valence-corrected chi connectivity index (χ0v) is 23.6. The normalized spacial score (nSPS) is 28.8. The highest BCUT2D eigenvalue weighted by molar-refractivity contribution is 5.42. The molecule has 0 aromatic rings. The summed E-state index contributed by atoms with van der Waals surface area (Å²) >= 11 is 0. The molecule has 1 unspecified atom stereocenters. The Morgan fingerprint density at radius 3 is 1.94 bits per heavy atom. The minimum Gasteiger partial charge on any atom is -0.331 e. The van der Waals surface area contributed by atoms with Gasteiger partial charge < -0.3 is 9.80 Å². The minimum atomic E-state index is 0.155. The molecule has 0 bridgehead atoms. The summed E-state index contributed by atoms with van der Waals surface area (Å²) in [6.45, 7) is 29.5. The van der Waals surface area contributed by atoms with Crippen LogP contribution in [0.2, 0.25) is 0 Å². The molecule has 0 N–H and O–H groups in total. The van der Waals surface area contributed by atoms with Crippen LogP contribution in [-0.4, -0.2) is 16.5 Å². The van der Waals surface area contributed by atoms with E-state index >= 15 is 0 Å². The van der Waals surface area contributed by atoms with Crippen molar-refractivity contribution in [3.8, 4) is 0 Å². The lowest BCUT2D eigenvalue weighted by Crippen LogP contribution is -2.41. The first-order valence-electron chi connectivity index (χ1n) is 13.3. The number of nitrogens with zero attached hydrogens (tertiary/aromatic N) is 2. The van der Waals surface area contributed by atoms with Crippen molar-refractivity contribution in [1.82, 2.24) is 9.80 Å². The van der Waals surface area contributed by atoms with Gasteiger partial charge in [0, 0.05) is 35.1 Å². The second-order valence-electron chi connectivity index (χ2n) is 12.5. The Kier molecular flexibility index (Phi) is 7.47. The van der Waals surface area contributed by atoms with E-state index in [0.717, 1.165) is 13.1 Å². The van der Waals surface area contributed by atoms with E-state index in [2.05, 4.69) is 117 Å². The van der Waals surface area contributed by atoms with Crippen molar-refractivity contribution in [2.24, 2.45) is 40.9 Å². The SMILES string of the molecule is CC1=CC(C(C)C)=C(N2C=CN(C3=C(C(C)C)C=C(C)C(C)[C@@H]3C(C)C)C2)[C@](C)(C(C)C)C1. The fraction of sp³-hybridized carbons (Fsp3) is 0.677. The third kappa shape index (κ3) is 4.64. The predicted octanol–water partition coefficient (Wildman–Crippen LogP) is 8.73. The third-order valence-corrected chi connectivity index (χ3v) is 8.68. The zero-order valence-electron chi connectivity index (χ0n) is 23.6. The molecule has 2 nitrogen and oxygen atoms in total. The molecule has 0 saturated carbocycles. The van der Waals surface area contributed by atoms with Crippen LogP contribution in [0.3, 0.4) is 0 Å². The van der Waals surface area contributed by atoms with Crippen LogP contribution in [0.1, 0.15) is 89.5 Å². The molecule has 1 heterocycles. The maximum Gasteiger partial charge on any atom is 0.0983 e. The van der Waals surface area contributed by atoms with Crippen LogP contribution < -0.4 is 0 Å². The van der Waals surface area contributed by atoms with Crippen LogP contribution >= 0.6 is 0 Å². The molecule has 2 aliphatic carbocycles. The summed E-state index contributed by atoms with van der Waals surface area (Å²) in [5.41, 5.74) is 9.35. The van der Waals surface area contributed by atoms with Crippen molar-refractivity contribution in [2.75, 3.05) is 6.67 Å². The van der Waals surface area contributed by atoms with E-state index in [1.54, 1.807) is 11.4 Å². The summed E-state index contributed by atoms with van der Waals surface area (Å²) < 4.78 is 0. The first-order valence-corrected chi connectivity index (χ1v) is 13.3. The molecule has 0 aromatic carbocycles. The fourth-order valence-corrected chi connectivity index (χ4v) is 6.39. The van der Waals surface area contributed by atoms with Gasteiger partial charge in [0.25, 0.3) is 0 Å². The second-order valence-corrected chi connectivity index (χ2v) is 12.5. The first-order chi connectivity index (χ1) is 15.3. The Morgan fingerprint density at radius 2 is 1.42 bits per heavy atom. The molecule has 184 valence electrons. The Bertz CT molecular complexity index is 905. The van der Waals surface area contributed by atoms with Gasteiger partial charge in [-0.05, 0) is 61.0 Å². The van der Waals surface area contributed by atoms with Gasteiger partial charge in [0.2, 0.25) is 0 Å². The molecule has 0 fully saturated rings. The van der Waals surface area contributed by atoms with E-state index in [9.17, 15) is 0 Å². The molecule has 0 aromatic heterocycles. The van der Waals surface area contributed by atoms with Crippen LogP contribution in [0.5, 0.6) is 0 Å². The van der Waals surface area contributed by atoms with Crippen LogP contribution in [0, 0.1) is 40.9 Å². The molecule has 2 heteroatoms. The van der Waals surface area contributed by atoms with Crippen molar-refractivity contribution < 1.29 is 0 Å². The smallest absolute Gasteiger partial charge is 0.0983 e. The fourth-order valence-electron chi connectivity index (χ4n) is 6.39. The number of rotatable bonds is 6. The first kappa shape index (κ1) is 25.9. The summed E-state index contributed by atoms with van der Waals surface area (Å²) in [6, 6.07) is 0. The van der Waals surface area contributed by atoms with E-state index in [4.69, 9.17) is 0 Å². The largest absolute Gasteiger partial charge is 0.331 e. The molecule has 0 amide bonds. The lowest BCUT2D eigenvalue weighted by Gasteiger charge is -2.46. The molecule has 3 rings (SSSR count). The van der Waals surface area contributed by atoms with Gasteiger partial charge in [-0.3, -0.25) is 0 Å². The molecule has 33 heavy (non-hydrogen) atoms. The molecule has 1 aliphatic heterocycles. The van der Waals surface area contributed by atoms with Crippen molar-refractivity contribution >= 4 is 0 Å². The third-order valence-electron chi connectivity index (χ3n) is 8.68. The predicted molar refractivity (Wildman–Crippen MR) is 144 cm³/mol. The maximum absolute atomic E-state index is 2.58. The molecule has 3 atom stereocenters. The average Bonchev–Trinajstić information content (AvgIpc) is 3.17. The van der Waals surface area contributed by atoms with Gasteiger partial charge in [0.15, 0.2) is 0 Å². The molecular formula is C31H50N2. The average molecular weight is 451 g/mol. The molecule has 0 spiro atoms. The van der Waals surface area contributed by atoms with Crippen molar-refractivity contribution in [3.05, 3.63) is 58.2 Å². The lowest BCUT2D eigenvalue weighted by atomic mass is 9.66. The van der Waals surface area contributed by atoms with Gasteiger partial charge in [-0.15, -0.1) is 0 Å². The Morgan fingerprint density at radius 1 is 0.848 bits per heavy atom. The summed E-state index contributed by atoms with van der Waals surface area (Å²) in [5.74, 6) is 3.38. The Balaban J connectivity index is 2.09. The molecular weight excluding hydrogens is 400 g/mol. The van der Waals surface area contributed by atoms with Crippen molar-refractivity contribution in [2.45, 2.75) is 89.5 Å². The second kappa shape index (κ2) is 9.51. The number of hydrogen-bond acceptors (Lipinski definition) is 2. The lowest BCUT2D eigenvalue weighted by molar-refractivity contribution is 0.180. The Hall–Kier alpha value is -1.70. The molecule has 0 saturated heterocycles. The van der Waals surface area contributed by atoms with Crippen LogP contribution in [0.4, 0.5) is 0 Å². The summed E-state index contributed by atoms with van der Waals surface area (Å²) in [6.07, 6.45) is 10.8. The summed E-state index contributed by atoms with van der Waals surface area (Å²) in [4.78, 5) is 5.16. The van der Waals surface area contributed by atoms with Gasteiger partial charge in [-0.25, -0.2) is 0 Å². The summed E-state index contributed by atoms with van der Waals surface area (Å²) in [7, 11) is 0. The van der Waals surface area contributed by atoms with E-state index < -0.39 is 0 Å². The van der Waals surface area contributed by atoms with E-state index in [0.29, 0.717) is 35.5 Å². The van der Waals surface area contributed by atoms with Crippen molar-refractivity contribution in [1.29, 1.82) is 0 Å². The molecule has 3 aliphatic rings. The van der Waals surface area contributed by atoms with E-state index in [1.165, 1.54) is 22.3 Å². The quantitative estimate of drug-likeness (QED) is 0.399. The van der Waals surface area contributed by atoms with Crippen LogP contribution in [-0.2, 0) is 0 Å².